The van der Waals surface area contributed by atoms with Crippen LogP contribution < -0.4 is 4.90 Å². The molecule has 6 rings (SSSR count). The molecule has 0 saturated carbocycles. The molecule has 0 bridgehead atoms. The molecule has 1 aromatic carbocycles. The molecule has 1 unspecified atom stereocenters. The lowest BCUT2D eigenvalue weighted by atomic mass is 9.88. The van der Waals surface area contributed by atoms with Crippen molar-refractivity contribution in [1.82, 2.24) is 34.3 Å². The average molecular weight is 452 g/mol. The maximum atomic E-state index is 13.8. The molecule has 0 radical (unpaired) electrons. The molecule has 0 spiro atoms. The van der Waals surface area contributed by atoms with Gasteiger partial charge in [-0.15, -0.1) is 10.2 Å². The fourth-order valence-corrected chi connectivity index (χ4v) is 5.06. The summed E-state index contributed by atoms with van der Waals surface area (Å²) in [6, 6.07) is 9.60. The largest absolute Gasteiger partial charge is 0.391 e. The summed E-state index contributed by atoms with van der Waals surface area (Å²) in [7, 11) is 0. The average Bonchev–Trinajstić information content (AvgIpc) is 3.52. The van der Waals surface area contributed by atoms with E-state index in [1.807, 2.05) is 30.3 Å². The number of imidazole rings is 1. The number of aromatic nitrogens is 7. The van der Waals surface area contributed by atoms with Gasteiger partial charge in [-0.3, -0.25) is 9.13 Å². The Balaban J connectivity index is 1.54. The first kappa shape index (κ1) is 19.9. The van der Waals surface area contributed by atoms with Crippen molar-refractivity contribution in [2.45, 2.75) is 37.9 Å². The van der Waals surface area contributed by atoms with Crippen LogP contribution in [0, 0.1) is 6.92 Å². The Morgan fingerprint density at radius 3 is 2.70 bits per heavy atom. The summed E-state index contributed by atoms with van der Waals surface area (Å²) in [6.07, 6.45) is 0.558. The highest BCUT2D eigenvalue weighted by molar-refractivity contribution is 5.66. The van der Waals surface area contributed by atoms with Crippen LogP contribution >= 0.6 is 0 Å². The monoisotopic (exact) mass is 452 g/mol. The van der Waals surface area contributed by atoms with Crippen molar-refractivity contribution in [2.24, 2.45) is 0 Å². The second-order valence-corrected chi connectivity index (χ2v) is 8.35. The maximum Gasteiger partial charge on any atom is 0.391 e. The van der Waals surface area contributed by atoms with Gasteiger partial charge in [0.15, 0.2) is 11.6 Å². The third-order valence-corrected chi connectivity index (χ3v) is 6.34. The number of benzene rings is 1. The molecule has 0 aliphatic carbocycles. The van der Waals surface area contributed by atoms with Crippen molar-refractivity contribution in [3.63, 3.8) is 0 Å². The van der Waals surface area contributed by atoms with Crippen molar-refractivity contribution >= 4 is 5.82 Å². The third kappa shape index (κ3) is 2.95. The van der Waals surface area contributed by atoms with E-state index in [0.29, 0.717) is 54.3 Å². The smallest absolute Gasteiger partial charge is 0.341 e. The van der Waals surface area contributed by atoms with Crippen LogP contribution in [0.25, 0.3) is 23.0 Å². The fraction of sp³-hybridized carbons (Fsp3) is 0.318. The molecular formula is C22H19F3N8. The molecule has 2 aliphatic heterocycles. The van der Waals surface area contributed by atoms with Crippen molar-refractivity contribution in [3.05, 3.63) is 60.6 Å². The Hall–Kier alpha value is -3.76. The van der Waals surface area contributed by atoms with Gasteiger partial charge in [0.25, 0.3) is 0 Å². The second-order valence-electron chi connectivity index (χ2n) is 8.35. The highest BCUT2D eigenvalue weighted by Crippen LogP contribution is 2.52. The number of hydrogen-bond acceptors (Lipinski definition) is 6. The van der Waals surface area contributed by atoms with Crippen molar-refractivity contribution in [3.8, 4) is 23.0 Å². The molecule has 2 aliphatic rings. The minimum absolute atomic E-state index is 0.297. The third-order valence-electron chi connectivity index (χ3n) is 6.34. The fourth-order valence-electron chi connectivity index (χ4n) is 5.06. The number of nitrogens with zero attached hydrogens (tertiary/aromatic N) is 8. The van der Waals surface area contributed by atoms with Gasteiger partial charge >= 0.3 is 6.18 Å². The Labute approximate surface area is 186 Å². The summed E-state index contributed by atoms with van der Waals surface area (Å²) in [6.45, 7) is 2.17. The lowest BCUT2D eigenvalue weighted by Crippen LogP contribution is -2.50. The molecule has 11 heteroatoms. The van der Waals surface area contributed by atoms with E-state index >= 15 is 0 Å². The predicted molar refractivity (Wildman–Crippen MR) is 113 cm³/mol. The molecule has 1 atom stereocenters. The minimum atomic E-state index is -4.37. The first-order chi connectivity index (χ1) is 15.9. The molecule has 1 fully saturated rings. The zero-order chi connectivity index (χ0) is 22.8. The number of aryl methyl sites for hydroxylation is 1. The highest BCUT2D eigenvalue weighted by atomic mass is 19.4. The molecule has 0 N–H and O–H groups in total. The first-order valence-corrected chi connectivity index (χ1v) is 10.6. The SMILES string of the molecule is Cc1nnc2n1-c1cnc(-n3ccnc3-c3ccccc3)nc1N1CCCC21CC(F)(F)F. The van der Waals surface area contributed by atoms with Crippen LogP contribution in [-0.4, -0.2) is 47.0 Å². The van der Waals surface area contributed by atoms with Crippen LogP contribution in [-0.2, 0) is 5.54 Å². The molecule has 3 aromatic heterocycles. The number of hydrogen-bond donors (Lipinski definition) is 0. The lowest BCUT2D eigenvalue weighted by Gasteiger charge is -2.43. The molecule has 1 saturated heterocycles. The van der Waals surface area contributed by atoms with Gasteiger partial charge in [0.05, 0.1) is 12.6 Å². The van der Waals surface area contributed by atoms with E-state index in [0.717, 1.165) is 5.56 Å². The summed E-state index contributed by atoms with van der Waals surface area (Å²) in [5, 5.41) is 8.29. The summed E-state index contributed by atoms with van der Waals surface area (Å²) in [5.74, 6) is 2.24. The summed E-state index contributed by atoms with van der Waals surface area (Å²) in [4.78, 5) is 15.5. The van der Waals surface area contributed by atoms with Crippen molar-refractivity contribution in [2.75, 3.05) is 11.4 Å². The Morgan fingerprint density at radius 2 is 1.91 bits per heavy atom. The number of anilines is 1. The van der Waals surface area contributed by atoms with Gasteiger partial charge in [-0.2, -0.15) is 18.2 Å². The van der Waals surface area contributed by atoms with Gasteiger partial charge in [0.2, 0.25) is 5.95 Å². The van der Waals surface area contributed by atoms with Gasteiger partial charge in [-0.25, -0.2) is 9.97 Å². The normalized spacial score (nSPS) is 19.3. The number of halogens is 3. The van der Waals surface area contributed by atoms with Gasteiger partial charge in [0, 0.05) is 24.5 Å². The van der Waals surface area contributed by atoms with E-state index in [-0.39, 0.29) is 0 Å². The standard InChI is InChI=1S/C22H19F3N8/c1-14-29-30-19-21(13-22(23,24)25)8-5-10-32(21)18-16(33(14)19)12-27-20(28-18)31-11-9-26-17(31)15-6-3-2-4-7-15/h2-4,6-7,9,11-12H,5,8,10,13H2,1H3. The quantitative estimate of drug-likeness (QED) is 0.468. The lowest BCUT2D eigenvalue weighted by molar-refractivity contribution is -0.148. The Kier molecular flexibility index (Phi) is 4.14. The molecule has 4 aromatic rings. The van der Waals surface area contributed by atoms with E-state index in [1.54, 1.807) is 39.5 Å². The zero-order valence-corrected chi connectivity index (χ0v) is 17.7. The topological polar surface area (TPSA) is 77.5 Å². The Morgan fingerprint density at radius 1 is 1.09 bits per heavy atom. The Bertz CT molecular complexity index is 1340. The van der Waals surface area contributed by atoms with E-state index in [1.165, 1.54) is 0 Å². The molecule has 33 heavy (non-hydrogen) atoms. The van der Waals surface area contributed by atoms with Gasteiger partial charge in [0.1, 0.15) is 22.9 Å². The maximum absolute atomic E-state index is 13.8. The summed E-state index contributed by atoms with van der Waals surface area (Å²) in [5.41, 5.74) is 0.126. The van der Waals surface area contributed by atoms with Crippen LogP contribution in [0.4, 0.5) is 19.0 Å². The van der Waals surface area contributed by atoms with Crippen LogP contribution in [0.5, 0.6) is 0 Å². The van der Waals surface area contributed by atoms with Crippen molar-refractivity contribution < 1.29 is 13.2 Å². The van der Waals surface area contributed by atoms with E-state index in [4.69, 9.17) is 4.98 Å². The molecule has 168 valence electrons. The second kappa shape index (κ2) is 6.87. The van der Waals surface area contributed by atoms with Crippen LogP contribution in [0.15, 0.2) is 48.9 Å². The number of alkyl halides is 3. The van der Waals surface area contributed by atoms with E-state index < -0.39 is 18.1 Å². The molecule has 0 amide bonds. The van der Waals surface area contributed by atoms with Gasteiger partial charge in [-0.1, -0.05) is 30.3 Å². The first-order valence-electron chi connectivity index (χ1n) is 10.6. The van der Waals surface area contributed by atoms with E-state index in [2.05, 4.69) is 20.2 Å². The zero-order valence-electron chi connectivity index (χ0n) is 17.7. The van der Waals surface area contributed by atoms with E-state index in [9.17, 15) is 13.2 Å². The van der Waals surface area contributed by atoms with Crippen LogP contribution in [0.2, 0.25) is 0 Å². The highest BCUT2D eigenvalue weighted by Gasteiger charge is 2.56. The van der Waals surface area contributed by atoms with Crippen LogP contribution in [0.1, 0.15) is 30.9 Å². The molecular weight excluding hydrogens is 433 g/mol. The van der Waals surface area contributed by atoms with Gasteiger partial charge in [-0.05, 0) is 19.8 Å². The predicted octanol–water partition coefficient (Wildman–Crippen LogP) is 3.98. The molecule has 8 nitrogen and oxygen atoms in total. The van der Waals surface area contributed by atoms with Crippen molar-refractivity contribution in [1.29, 1.82) is 0 Å². The number of rotatable bonds is 3. The molecule has 5 heterocycles. The van der Waals surface area contributed by atoms with Crippen LogP contribution in [0.3, 0.4) is 0 Å². The minimum Gasteiger partial charge on any atom is -0.341 e. The summed E-state index contributed by atoms with van der Waals surface area (Å²) >= 11 is 0. The van der Waals surface area contributed by atoms with Gasteiger partial charge < -0.3 is 4.90 Å². The number of fused-ring (bicyclic) bond motifs is 6. The summed E-state index contributed by atoms with van der Waals surface area (Å²) < 4.78 is 44.7.